The van der Waals surface area contributed by atoms with Crippen molar-refractivity contribution >= 4 is 17.6 Å². The Hall–Kier alpha value is -3.30. The summed E-state index contributed by atoms with van der Waals surface area (Å²) >= 11 is 0. The van der Waals surface area contributed by atoms with Gasteiger partial charge in [0.1, 0.15) is 6.04 Å². The molecule has 0 radical (unpaired) electrons. The third-order valence-corrected chi connectivity index (χ3v) is 5.99. The Labute approximate surface area is 166 Å². The Morgan fingerprint density at radius 2 is 2.03 bits per heavy atom. The Bertz CT molecular complexity index is 987. The van der Waals surface area contributed by atoms with Crippen LogP contribution < -0.4 is 0 Å². The molecule has 10 heteroatoms. The number of fused-ring (bicyclic) bond motifs is 1. The number of non-ortho nitro benzene ring substituents is 1. The van der Waals surface area contributed by atoms with Gasteiger partial charge in [0.2, 0.25) is 0 Å². The van der Waals surface area contributed by atoms with Gasteiger partial charge >= 0.3 is 5.97 Å². The average Bonchev–Trinajstić information content (AvgIpc) is 3.28. The number of hydrogen-bond acceptors (Lipinski definition) is 6. The molecule has 4 rings (SSSR count). The fourth-order valence-corrected chi connectivity index (χ4v) is 4.61. The number of benzene rings is 1. The van der Waals surface area contributed by atoms with Crippen LogP contribution in [0.5, 0.6) is 0 Å². The molecular weight excluding hydrogens is 378 g/mol. The highest BCUT2D eigenvalue weighted by molar-refractivity contribution is 5.96. The third-order valence-electron chi connectivity index (χ3n) is 5.99. The maximum absolute atomic E-state index is 13.3. The van der Waals surface area contributed by atoms with Crippen molar-refractivity contribution in [1.82, 2.24) is 19.9 Å². The van der Waals surface area contributed by atoms with Gasteiger partial charge in [0.15, 0.2) is 5.69 Å². The van der Waals surface area contributed by atoms with Crippen molar-refractivity contribution in [2.45, 2.75) is 51.1 Å². The van der Waals surface area contributed by atoms with E-state index >= 15 is 0 Å². The second kappa shape index (κ2) is 7.26. The zero-order chi connectivity index (χ0) is 20.7. The summed E-state index contributed by atoms with van der Waals surface area (Å²) in [5.41, 5.74) is 0.809. The van der Waals surface area contributed by atoms with Crippen LogP contribution in [0, 0.1) is 23.0 Å². The van der Waals surface area contributed by atoms with Crippen LogP contribution >= 0.6 is 0 Å². The van der Waals surface area contributed by atoms with Crippen molar-refractivity contribution in [1.29, 1.82) is 0 Å². The monoisotopic (exact) mass is 399 g/mol. The molecule has 0 spiro atoms. The second-order valence-corrected chi connectivity index (χ2v) is 7.63. The minimum Gasteiger partial charge on any atom is -0.480 e. The maximum atomic E-state index is 13.3. The number of rotatable bonds is 4. The molecule has 2 aromatic rings. The molecule has 2 fully saturated rings. The molecule has 29 heavy (non-hydrogen) atoms. The van der Waals surface area contributed by atoms with Gasteiger partial charge < -0.3 is 10.0 Å². The van der Waals surface area contributed by atoms with E-state index in [2.05, 4.69) is 10.3 Å². The fourth-order valence-electron chi connectivity index (χ4n) is 4.61. The van der Waals surface area contributed by atoms with Crippen LogP contribution in [0.4, 0.5) is 5.69 Å². The summed E-state index contributed by atoms with van der Waals surface area (Å²) < 4.78 is 1.37. The average molecular weight is 399 g/mol. The molecule has 1 saturated heterocycles. The molecule has 1 aromatic heterocycles. The number of nitrogens with zero attached hydrogens (tertiary/aromatic N) is 5. The van der Waals surface area contributed by atoms with Gasteiger partial charge in [-0.05, 0) is 38.2 Å². The lowest BCUT2D eigenvalue weighted by molar-refractivity contribution is -0.384. The topological polar surface area (TPSA) is 131 Å². The molecule has 1 aliphatic carbocycles. The highest BCUT2D eigenvalue weighted by Crippen LogP contribution is 2.40. The predicted molar refractivity (Wildman–Crippen MR) is 101 cm³/mol. The van der Waals surface area contributed by atoms with Crippen molar-refractivity contribution in [2.75, 3.05) is 0 Å². The van der Waals surface area contributed by atoms with Crippen LogP contribution in [0.3, 0.4) is 0 Å². The summed E-state index contributed by atoms with van der Waals surface area (Å²) in [6.07, 6.45) is 4.20. The highest BCUT2D eigenvalue weighted by atomic mass is 16.6. The van der Waals surface area contributed by atoms with Crippen molar-refractivity contribution in [3.8, 4) is 5.69 Å². The Morgan fingerprint density at radius 3 is 2.76 bits per heavy atom. The fraction of sp³-hybridized carbons (Fsp3) is 0.474. The molecule has 2 heterocycles. The standard InChI is InChI=1S/C19H21N5O5/c1-11-17(20-21-23(11)13-6-4-7-14(10-13)24(28)29)18(25)22-15-8-3-2-5-12(15)9-16(22)19(26)27/h4,6-7,10,12,15-16H,2-3,5,8-9H2,1H3,(H,26,27). The molecule has 152 valence electrons. The number of likely N-dealkylation sites (tertiary alicyclic amines) is 1. The normalized spacial score (nSPS) is 23.6. The van der Waals surface area contributed by atoms with E-state index in [1.54, 1.807) is 13.0 Å². The number of nitro groups is 1. The van der Waals surface area contributed by atoms with Gasteiger partial charge in [-0.1, -0.05) is 24.1 Å². The summed E-state index contributed by atoms with van der Waals surface area (Å²) in [5.74, 6) is -1.25. The van der Waals surface area contributed by atoms with Gasteiger partial charge in [0, 0.05) is 18.2 Å². The van der Waals surface area contributed by atoms with Gasteiger partial charge in [-0.25, -0.2) is 9.48 Å². The lowest BCUT2D eigenvalue weighted by Crippen LogP contribution is -2.46. The quantitative estimate of drug-likeness (QED) is 0.616. The van der Waals surface area contributed by atoms with Gasteiger partial charge in [-0.15, -0.1) is 5.10 Å². The van der Waals surface area contributed by atoms with Crippen molar-refractivity contribution in [3.63, 3.8) is 0 Å². The number of nitro benzene ring substituents is 1. The van der Waals surface area contributed by atoms with E-state index in [1.165, 1.54) is 27.8 Å². The van der Waals surface area contributed by atoms with Crippen LogP contribution in [0.1, 0.15) is 48.3 Å². The molecule has 3 unspecified atom stereocenters. The smallest absolute Gasteiger partial charge is 0.326 e. The van der Waals surface area contributed by atoms with E-state index in [-0.39, 0.29) is 23.3 Å². The maximum Gasteiger partial charge on any atom is 0.326 e. The number of aromatic nitrogens is 3. The first-order valence-corrected chi connectivity index (χ1v) is 9.61. The third kappa shape index (κ3) is 3.24. The predicted octanol–water partition coefficient (Wildman–Crippen LogP) is 2.34. The van der Waals surface area contributed by atoms with E-state index in [4.69, 9.17) is 0 Å². The van der Waals surface area contributed by atoms with E-state index in [1.807, 2.05) is 0 Å². The molecule has 1 N–H and O–H groups in total. The molecule has 10 nitrogen and oxygen atoms in total. The van der Waals surface area contributed by atoms with Crippen LogP contribution in [0.25, 0.3) is 5.69 Å². The zero-order valence-electron chi connectivity index (χ0n) is 15.9. The number of hydrogen-bond donors (Lipinski definition) is 1. The van der Waals surface area contributed by atoms with Crippen LogP contribution in [0.15, 0.2) is 24.3 Å². The Balaban J connectivity index is 1.68. The lowest BCUT2D eigenvalue weighted by atomic mass is 9.84. The molecule has 2 aliphatic rings. The van der Waals surface area contributed by atoms with E-state index in [9.17, 15) is 24.8 Å². The highest BCUT2D eigenvalue weighted by Gasteiger charge is 2.48. The number of amides is 1. The van der Waals surface area contributed by atoms with Crippen molar-refractivity contribution < 1.29 is 19.6 Å². The number of carboxylic acid groups (broad SMARTS) is 1. The Morgan fingerprint density at radius 1 is 1.28 bits per heavy atom. The first-order valence-electron chi connectivity index (χ1n) is 9.61. The SMILES string of the molecule is Cc1c(C(=O)N2C(C(=O)O)CC3CCCCC32)nnn1-c1cccc([N+](=O)[O-])c1. The summed E-state index contributed by atoms with van der Waals surface area (Å²) in [6, 6.07) is 4.92. The van der Waals surface area contributed by atoms with Gasteiger partial charge in [-0.3, -0.25) is 14.9 Å². The van der Waals surface area contributed by atoms with Gasteiger partial charge in [0.05, 0.1) is 16.3 Å². The summed E-state index contributed by atoms with van der Waals surface area (Å²) in [5, 5.41) is 28.7. The van der Waals surface area contributed by atoms with Gasteiger partial charge in [-0.2, -0.15) is 0 Å². The lowest BCUT2D eigenvalue weighted by Gasteiger charge is -2.32. The molecule has 0 bridgehead atoms. The zero-order valence-corrected chi connectivity index (χ0v) is 15.9. The molecule has 1 aromatic carbocycles. The van der Waals surface area contributed by atoms with Crippen LogP contribution in [0.2, 0.25) is 0 Å². The van der Waals surface area contributed by atoms with E-state index in [0.29, 0.717) is 17.8 Å². The van der Waals surface area contributed by atoms with Crippen LogP contribution in [-0.2, 0) is 4.79 Å². The number of aliphatic carboxylic acids is 1. The van der Waals surface area contributed by atoms with Crippen LogP contribution in [-0.4, -0.2) is 53.9 Å². The largest absolute Gasteiger partial charge is 0.480 e. The number of carbonyl (C=O) groups is 2. The number of carboxylic acids is 1. The minimum atomic E-state index is -1.00. The summed E-state index contributed by atoms with van der Waals surface area (Å²) in [4.78, 5) is 37.1. The first-order chi connectivity index (χ1) is 13.9. The van der Waals surface area contributed by atoms with Crippen molar-refractivity contribution in [2.24, 2.45) is 5.92 Å². The molecule has 1 amide bonds. The van der Waals surface area contributed by atoms with Gasteiger partial charge in [0.25, 0.3) is 11.6 Å². The second-order valence-electron chi connectivity index (χ2n) is 7.63. The van der Waals surface area contributed by atoms with E-state index in [0.717, 1.165) is 25.7 Å². The molecular formula is C19H21N5O5. The van der Waals surface area contributed by atoms with Crippen molar-refractivity contribution in [3.05, 3.63) is 45.8 Å². The molecule has 1 saturated carbocycles. The molecule has 1 aliphatic heterocycles. The summed E-state index contributed by atoms with van der Waals surface area (Å²) in [6.45, 7) is 1.65. The first kappa shape index (κ1) is 19.0. The minimum absolute atomic E-state index is 0.0778. The van der Waals surface area contributed by atoms with E-state index < -0.39 is 22.8 Å². The Kier molecular flexibility index (Phi) is 4.77. The molecule has 3 atom stereocenters. The summed E-state index contributed by atoms with van der Waals surface area (Å²) in [7, 11) is 0. The number of carbonyl (C=O) groups excluding carboxylic acids is 1.